The third-order valence-electron chi connectivity index (χ3n) is 2.10. The SMILES string of the molecule is CC(C)(C)OC(=O)c1cc2cccc(F)c2o1. The zero-order chi connectivity index (χ0) is 12.6. The molecule has 17 heavy (non-hydrogen) atoms. The number of hydrogen-bond donors (Lipinski definition) is 0. The predicted molar refractivity (Wildman–Crippen MR) is 61.3 cm³/mol. The second kappa shape index (κ2) is 3.87. The molecule has 0 spiro atoms. The number of carbonyl (C=O) groups is 1. The quantitative estimate of drug-likeness (QED) is 0.711. The molecule has 0 atom stereocenters. The minimum Gasteiger partial charge on any atom is -0.454 e. The van der Waals surface area contributed by atoms with Crippen LogP contribution in [-0.4, -0.2) is 11.6 Å². The summed E-state index contributed by atoms with van der Waals surface area (Å²) in [6.07, 6.45) is 0. The van der Waals surface area contributed by atoms with Crippen LogP contribution in [0.3, 0.4) is 0 Å². The largest absolute Gasteiger partial charge is 0.454 e. The third kappa shape index (κ3) is 2.46. The summed E-state index contributed by atoms with van der Waals surface area (Å²) in [7, 11) is 0. The Bertz CT molecular complexity index is 564. The fourth-order valence-electron chi connectivity index (χ4n) is 1.46. The van der Waals surface area contributed by atoms with E-state index in [2.05, 4.69) is 0 Å². The van der Waals surface area contributed by atoms with Gasteiger partial charge in [0.15, 0.2) is 11.4 Å². The van der Waals surface area contributed by atoms with E-state index in [1.807, 2.05) is 0 Å². The molecule has 0 aliphatic heterocycles. The number of esters is 1. The maximum atomic E-state index is 13.4. The van der Waals surface area contributed by atoms with Crippen molar-refractivity contribution in [2.45, 2.75) is 26.4 Å². The van der Waals surface area contributed by atoms with Gasteiger partial charge in [-0.25, -0.2) is 9.18 Å². The van der Waals surface area contributed by atoms with Crippen molar-refractivity contribution in [2.24, 2.45) is 0 Å². The molecule has 0 N–H and O–H groups in total. The first-order valence-corrected chi connectivity index (χ1v) is 5.28. The smallest absolute Gasteiger partial charge is 0.374 e. The van der Waals surface area contributed by atoms with E-state index in [0.717, 1.165) is 0 Å². The van der Waals surface area contributed by atoms with Gasteiger partial charge in [0.25, 0.3) is 0 Å². The summed E-state index contributed by atoms with van der Waals surface area (Å²) in [5.74, 6) is -1.06. The van der Waals surface area contributed by atoms with Gasteiger partial charge in [0.05, 0.1) is 0 Å². The number of fused-ring (bicyclic) bond motifs is 1. The average Bonchev–Trinajstić information content (AvgIpc) is 2.60. The van der Waals surface area contributed by atoms with E-state index in [1.165, 1.54) is 12.1 Å². The van der Waals surface area contributed by atoms with Gasteiger partial charge in [0.1, 0.15) is 5.60 Å². The number of benzene rings is 1. The Morgan fingerprint density at radius 2 is 2.06 bits per heavy atom. The molecule has 4 heteroatoms. The molecule has 0 amide bonds. The highest BCUT2D eigenvalue weighted by Gasteiger charge is 2.21. The summed E-state index contributed by atoms with van der Waals surface area (Å²) in [5.41, 5.74) is -0.525. The highest BCUT2D eigenvalue weighted by Crippen LogP contribution is 2.23. The molecule has 0 bridgehead atoms. The molecule has 90 valence electrons. The first-order valence-electron chi connectivity index (χ1n) is 5.28. The molecule has 0 saturated heterocycles. The lowest BCUT2D eigenvalue weighted by molar-refractivity contribution is 0.00381. The Hall–Kier alpha value is -1.84. The standard InChI is InChI=1S/C13H13FO3/c1-13(2,3)17-12(15)10-7-8-5-4-6-9(14)11(8)16-10/h4-7H,1-3H3. The summed E-state index contributed by atoms with van der Waals surface area (Å²) < 4.78 is 23.6. The van der Waals surface area contributed by atoms with Gasteiger partial charge in [0, 0.05) is 5.39 Å². The maximum Gasteiger partial charge on any atom is 0.374 e. The number of hydrogen-bond acceptors (Lipinski definition) is 3. The van der Waals surface area contributed by atoms with E-state index in [9.17, 15) is 9.18 Å². The van der Waals surface area contributed by atoms with E-state index in [0.29, 0.717) is 5.39 Å². The molecule has 0 radical (unpaired) electrons. The summed E-state index contributed by atoms with van der Waals surface area (Å²) in [6.45, 7) is 5.27. The maximum absolute atomic E-state index is 13.4. The highest BCUT2D eigenvalue weighted by molar-refractivity contribution is 5.92. The van der Waals surface area contributed by atoms with Crippen LogP contribution in [0, 0.1) is 5.82 Å². The Labute approximate surface area is 98.2 Å². The summed E-state index contributed by atoms with van der Waals surface area (Å²) in [6, 6.07) is 6.00. The van der Waals surface area contributed by atoms with Crippen LogP contribution < -0.4 is 0 Å². The topological polar surface area (TPSA) is 39.4 Å². The van der Waals surface area contributed by atoms with E-state index < -0.39 is 17.4 Å². The molecule has 3 nitrogen and oxygen atoms in total. The minimum absolute atomic E-state index is 0.0139. The molecule has 2 rings (SSSR count). The van der Waals surface area contributed by atoms with Crippen molar-refractivity contribution < 1.29 is 18.3 Å². The number of furan rings is 1. The first kappa shape index (κ1) is 11.6. The van der Waals surface area contributed by atoms with Gasteiger partial charge in [-0.1, -0.05) is 12.1 Å². The Balaban J connectivity index is 2.37. The van der Waals surface area contributed by atoms with Crippen molar-refractivity contribution in [3.63, 3.8) is 0 Å². The van der Waals surface area contributed by atoms with E-state index in [4.69, 9.17) is 9.15 Å². The molecule has 0 fully saturated rings. The molecule has 0 aliphatic carbocycles. The Morgan fingerprint density at radius 3 is 2.65 bits per heavy atom. The molecule has 0 aliphatic rings. The number of rotatable bonds is 1. The second-order valence-electron chi connectivity index (χ2n) is 4.77. The normalized spacial score (nSPS) is 11.8. The summed E-state index contributed by atoms with van der Waals surface area (Å²) >= 11 is 0. The van der Waals surface area contributed by atoms with Crippen molar-refractivity contribution in [3.8, 4) is 0 Å². The van der Waals surface area contributed by atoms with Gasteiger partial charge in [-0.05, 0) is 32.9 Å². The van der Waals surface area contributed by atoms with Gasteiger partial charge in [-0.2, -0.15) is 0 Å². The van der Waals surface area contributed by atoms with Crippen molar-refractivity contribution in [3.05, 3.63) is 35.8 Å². The Morgan fingerprint density at radius 1 is 1.35 bits per heavy atom. The minimum atomic E-state index is -0.603. The first-order chi connectivity index (χ1) is 7.87. The van der Waals surface area contributed by atoms with Crippen LogP contribution in [0.15, 0.2) is 28.7 Å². The van der Waals surface area contributed by atoms with Crippen molar-refractivity contribution in [1.29, 1.82) is 0 Å². The second-order valence-corrected chi connectivity index (χ2v) is 4.77. The lowest BCUT2D eigenvalue weighted by Gasteiger charge is -2.18. The average molecular weight is 236 g/mol. The number of carbonyl (C=O) groups excluding carboxylic acids is 1. The molecular formula is C13H13FO3. The van der Waals surface area contributed by atoms with Gasteiger partial charge >= 0.3 is 5.97 Å². The lowest BCUT2D eigenvalue weighted by Crippen LogP contribution is -2.23. The van der Waals surface area contributed by atoms with Gasteiger partial charge < -0.3 is 9.15 Å². The highest BCUT2D eigenvalue weighted by atomic mass is 19.1. The van der Waals surface area contributed by atoms with Crippen LogP contribution in [0.4, 0.5) is 4.39 Å². The number of para-hydroxylation sites is 1. The van der Waals surface area contributed by atoms with E-state index in [-0.39, 0.29) is 11.3 Å². The zero-order valence-electron chi connectivity index (χ0n) is 9.91. The molecule has 1 heterocycles. The fourth-order valence-corrected chi connectivity index (χ4v) is 1.46. The van der Waals surface area contributed by atoms with Crippen LogP contribution >= 0.6 is 0 Å². The van der Waals surface area contributed by atoms with Crippen LogP contribution in [0.25, 0.3) is 11.0 Å². The molecule has 0 unspecified atom stereocenters. The lowest BCUT2D eigenvalue weighted by atomic mass is 10.2. The molecule has 0 saturated carbocycles. The summed E-state index contributed by atoms with van der Waals surface area (Å²) in [5, 5.41) is 0.547. The van der Waals surface area contributed by atoms with E-state index >= 15 is 0 Å². The number of ether oxygens (including phenoxy) is 1. The molecule has 1 aromatic carbocycles. The number of halogens is 1. The van der Waals surface area contributed by atoms with Gasteiger partial charge in [-0.15, -0.1) is 0 Å². The van der Waals surface area contributed by atoms with Crippen molar-refractivity contribution in [1.82, 2.24) is 0 Å². The van der Waals surface area contributed by atoms with Gasteiger partial charge in [-0.3, -0.25) is 0 Å². The van der Waals surface area contributed by atoms with E-state index in [1.54, 1.807) is 32.9 Å². The summed E-state index contributed by atoms with van der Waals surface area (Å²) in [4.78, 5) is 11.7. The van der Waals surface area contributed by atoms with Crippen LogP contribution in [-0.2, 0) is 4.74 Å². The Kier molecular flexibility index (Phi) is 2.65. The predicted octanol–water partition coefficient (Wildman–Crippen LogP) is 3.53. The van der Waals surface area contributed by atoms with Gasteiger partial charge in [0.2, 0.25) is 5.76 Å². The molecule has 1 aromatic heterocycles. The molecular weight excluding hydrogens is 223 g/mol. The van der Waals surface area contributed by atoms with Crippen molar-refractivity contribution >= 4 is 16.9 Å². The van der Waals surface area contributed by atoms with Crippen LogP contribution in [0.5, 0.6) is 0 Å². The van der Waals surface area contributed by atoms with Crippen LogP contribution in [0.1, 0.15) is 31.3 Å². The fraction of sp³-hybridized carbons (Fsp3) is 0.308. The zero-order valence-corrected chi connectivity index (χ0v) is 9.91. The third-order valence-corrected chi connectivity index (χ3v) is 2.10. The van der Waals surface area contributed by atoms with Crippen LogP contribution in [0.2, 0.25) is 0 Å². The monoisotopic (exact) mass is 236 g/mol. The van der Waals surface area contributed by atoms with Crippen molar-refractivity contribution in [2.75, 3.05) is 0 Å². The molecule has 2 aromatic rings.